The van der Waals surface area contributed by atoms with Crippen LogP contribution in [0.3, 0.4) is 0 Å². The van der Waals surface area contributed by atoms with Crippen LogP contribution in [0.4, 0.5) is 0 Å². The van der Waals surface area contributed by atoms with Crippen LogP contribution in [0.1, 0.15) is 16.2 Å². The number of hydrogen-bond donors (Lipinski definition) is 0. The molecular formula is C20H13ClN2O2S. The van der Waals surface area contributed by atoms with E-state index >= 15 is 0 Å². The van der Waals surface area contributed by atoms with Crippen molar-refractivity contribution in [1.82, 2.24) is 9.97 Å². The second kappa shape index (κ2) is 7.23. The topological polar surface area (TPSA) is 52.1 Å². The molecule has 4 rings (SSSR count). The van der Waals surface area contributed by atoms with Crippen LogP contribution in [-0.2, 0) is 11.3 Å². The summed E-state index contributed by atoms with van der Waals surface area (Å²) in [4.78, 5) is 21.1. The summed E-state index contributed by atoms with van der Waals surface area (Å²) < 4.78 is 5.35. The van der Waals surface area contributed by atoms with E-state index in [-0.39, 0.29) is 12.3 Å². The van der Waals surface area contributed by atoms with Gasteiger partial charge in [-0.05, 0) is 18.2 Å². The third kappa shape index (κ3) is 3.45. The molecule has 0 amide bonds. The highest BCUT2D eigenvalue weighted by Gasteiger charge is 2.12. The fourth-order valence-electron chi connectivity index (χ4n) is 2.52. The number of ether oxygens (including phenoxy) is 1. The molecule has 2 aromatic carbocycles. The van der Waals surface area contributed by atoms with Gasteiger partial charge in [0.25, 0.3) is 0 Å². The number of benzene rings is 2. The van der Waals surface area contributed by atoms with Gasteiger partial charge in [0.15, 0.2) is 0 Å². The van der Waals surface area contributed by atoms with Crippen LogP contribution in [0.5, 0.6) is 0 Å². The molecule has 4 nitrogen and oxygen atoms in total. The fourth-order valence-corrected chi connectivity index (χ4v) is 3.65. The van der Waals surface area contributed by atoms with E-state index in [4.69, 9.17) is 16.3 Å². The summed E-state index contributed by atoms with van der Waals surface area (Å²) in [5.74, 6) is -0.469. The average molecular weight is 381 g/mol. The molecule has 0 aliphatic heterocycles. The molecule has 0 unspecified atom stereocenters. The predicted molar refractivity (Wildman–Crippen MR) is 103 cm³/mol. The van der Waals surface area contributed by atoms with Gasteiger partial charge < -0.3 is 4.74 Å². The van der Waals surface area contributed by atoms with Gasteiger partial charge in [0.05, 0.1) is 16.2 Å². The van der Waals surface area contributed by atoms with E-state index in [2.05, 4.69) is 9.97 Å². The molecule has 2 aromatic heterocycles. The number of para-hydroxylation sites is 1. The number of aromatic nitrogens is 2. The minimum Gasteiger partial charge on any atom is -0.454 e. The van der Waals surface area contributed by atoms with E-state index in [9.17, 15) is 4.79 Å². The van der Waals surface area contributed by atoms with Crippen molar-refractivity contribution in [3.63, 3.8) is 0 Å². The van der Waals surface area contributed by atoms with Gasteiger partial charge in [-0.1, -0.05) is 54.1 Å². The Morgan fingerprint density at radius 1 is 1.00 bits per heavy atom. The molecule has 4 aromatic rings. The zero-order chi connectivity index (χ0) is 17.9. The highest BCUT2D eigenvalue weighted by molar-refractivity contribution is 7.13. The number of hydrogen-bond acceptors (Lipinski definition) is 5. The Bertz CT molecular complexity index is 1090. The first-order chi connectivity index (χ1) is 12.7. The van der Waals surface area contributed by atoms with E-state index in [1.807, 2.05) is 60.0 Å². The number of esters is 1. The zero-order valence-electron chi connectivity index (χ0n) is 13.6. The summed E-state index contributed by atoms with van der Waals surface area (Å²) >= 11 is 7.66. The second-order valence-corrected chi connectivity index (χ2v) is 6.85. The number of pyridine rings is 1. The number of carbonyl (C=O) groups excluding carboxylic acids is 1. The molecule has 0 N–H and O–H groups in total. The van der Waals surface area contributed by atoms with Gasteiger partial charge in [0, 0.05) is 16.3 Å². The largest absolute Gasteiger partial charge is 0.454 e. The molecule has 2 heterocycles. The fraction of sp³-hybridized carbons (Fsp3) is 0.0500. The molecule has 128 valence electrons. The van der Waals surface area contributed by atoms with Gasteiger partial charge in [-0.15, -0.1) is 11.3 Å². The molecule has 26 heavy (non-hydrogen) atoms. The number of halogens is 1. The van der Waals surface area contributed by atoms with E-state index in [0.29, 0.717) is 10.7 Å². The second-order valence-electron chi connectivity index (χ2n) is 5.59. The van der Waals surface area contributed by atoms with Crippen molar-refractivity contribution in [3.05, 3.63) is 82.5 Å². The van der Waals surface area contributed by atoms with Gasteiger partial charge in [0.2, 0.25) is 0 Å². The Balaban J connectivity index is 1.47. The molecule has 0 bridgehead atoms. The van der Waals surface area contributed by atoms with Crippen LogP contribution in [0.15, 0.2) is 66.0 Å². The minimum absolute atomic E-state index is 0.0916. The maximum Gasteiger partial charge on any atom is 0.357 e. The molecule has 6 heteroatoms. The quantitative estimate of drug-likeness (QED) is 0.447. The minimum atomic E-state index is -0.469. The molecule has 0 atom stereocenters. The highest BCUT2D eigenvalue weighted by atomic mass is 35.5. The molecule has 0 aliphatic carbocycles. The standard InChI is InChI=1S/C20H13ClN2O2S/c21-16-7-3-2-6-15(16)19-22-14(12-26-19)11-25-20(24)18-10-9-13-5-1-4-8-17(13)23-18/h1-10,12H,11H2. The van der Waals surface area contributed by atoms with Crippen LogP contribution >= 0.6 is 22.9 Å². The maximum absolute atomic E-state index is 12.3. The zero-order valence-corrected chi connectivity index (χ0v) is 15.1. The van der Waals surface area contributed by atoms with Gasteiger partial charge in [-0.3, -0.25) is 0 Å². The smallest absolute Gasteiger partial charge is 0.357 e. The molecule has 0 saturated carbocycles. The van der Waals surface area contributed by atoms with Crippen molar-refractivity contribution in [2.24, 2.45) is 0 Å². The molecule has 0 saturated heterocycles. The first-order valence-electron chi connectivity index (χ1n) is 7.93. The van der Waals surface area contributed by atoms with Crippen LogP contribution < -0.4 is 0 Å². The Morgan fingerprint density at radius 2 is 1.81 bits per heavy atom. The summed E-state index contributed by atoms with van der Waals surface area (Å²) in [6, 6.07) is 18.7. The van der Waals surface area contributed by atoms with Crippen molar-refractivity contribution in [1.29, 1.82) is 0 Å². The monoisotopic (exact) mass is 380 g/mol. The molecule has 0 spiro atoms. The lowest BCUT2D eigenvalue weighted by Gasteiger charge is -2.04. The predicted octanol–water partition coefficient (Wildman–Crippen LogP) is 5.37. The average Bonchev–Trinajstić information content (AvgIpc) is 3.15. The van der Waals surface area contributed by atoms with Gasteiger partial charge in [0.1, 0.15) is 17.3 Å². The molecular weight excluding hydrogens is 368 g/mol. The number of thiazole rings is 1. The van der Waals surface area contributed by atoms with Crippen molar-refractivity contribution >= 4 is 39.8 Å². The lowest BCUT2D eigenvalue weighted by Crippen LogP contribution is -2.07. The van der Waals surface area contributed by atoms with Crippen molar-refractivity contribution in [3.8, 4) is 10.6 Å². The van der Waals surface area contributed by atoms with Crippen LogP contribution in [-0.4, -0.2) is 15.9 Å². The maximum atomic E-state index is 12.3. The summed E-state index contributed by atoms with van der Waals surface area (Å²) in [6.07, 6.45) is 0. The van der Waals surface area contributed by atoms with Crippen molar-refractivity contribution < 1.29 is 9.53 Å². The third-order valence-corrected chi connectivity index (χ3v) is 5.07. The Kier molecular flexibility index (Phi) is 4.65. The van der Waals surface area contributed by atoms with Crippen molar-refractivity contribution in [2.75, 3.05) is 0 Å². The van der Waals surface area contributed by atoms with E-state index in [0.717, 1.165) is 21.5 Å². The van der Waals surface area contributed by atoms with Gasteiger partial charge >= 0.3 is 5.97 Å². The van der Waals surface area contributed by atoms with Crippen molar-refractivity contribution in [2.45, 2.75) is 6.61 Å². The summed E-state index contributed by atoms with van der Waals surface area (Å²) in [6.45, 7) is 0.0916. The van der Waals surface area contributed by atoms with Gasteiger partial charge in [-0.2, -0.15) is 0 Å². The number of nitrogens with zero attached hydrogens (tertiary/aromatic N) is 2. The van der Waals surface area contributed by atoms with Crippen LogP contribution in [0, 0.1) is 0 Å². The summed E-state index contributed by atoms with van der Waals surface area (Å²) in [5.41, 5.74) is 2.59. The Morgan fingerprint density at radius 3 is 2.69 bits per heavy atom. The first-order valence-corrected chi connectivity index (χ1v) is 9.19. The lowest BCUT2D eigenvalue weighted by atomic mass is 10.2. The summed E-state index contributed by atoms with van der Waals surface area (Å²) in [5, 5.41) is 4.28. The lowest BCUT2D eigenvalue weighted by molar-refractivity contribution is 0.0462. The number of carbonyl (C=O) groups is 1. The molecule has 0 aliphatic rings. The van der Waals surface area contributed by atoms with Gasteiger partial charge in [-0.25, -0.2) is 14.8 Å². The molecule has 0 radical (unpaired) electrons. The Labute approximate surface area is 159 Å². The highest BCUT2D eigenvalue weighted by Crippen LogP contribution is 2.30. The Hall–Kier alpha value is -2.76. The normalized spacial score (nSPS) is 10.8. The first kappa shape index (κ1) is 16.7. The number of rotatable bonds is 4. The molecule has 0 fully saturated rings. The van der Waals surface area contributed by atoms with Crippen LogP contribution in [0.2, 0.25) is 5.02 Å². The van der Waals surface area contributed by atoms with E-state index < -0.39 is 5.97 Å². The van der Waals surface area contributed by atoms with E-state index in [1.54, 1.807) is 6.07 Å². The SMILES string of the molecule is O=C(OCc1csc(-c2ccccc2Cl)n1)c1ccc2ccccc2n1. The van der Waals surface area contributed by atoms with Crippen LogP contribution in [0.25, 0.3) is 21.5 Å². The van der Waals surface area contributed by atoms with E-state index in [1.165, 1.54) is 11.3 Å². The summed E-state index contributed by atoms with van der Waals surface area (Å²) in [7, 11) is 0. The third-order valence-electron chi connectivity index (χ3n) is 3.81. The number of fused-ring (bicyclic) bond motifs is 1.